The normalized spacial score (nSPS) is 13.0. The summed E-state index contributed by atoms with van der Waals surface area (Å²) in [6.07, 6.45) is 70.7. The lowest BCUT2D eigenvalue weighted by Crippen LogP contribution is -2.30. The van der Waals surface area contributed by atoms with Crippen molar-refractivity contribution < 1.29 is 28.6 Å². The van der Waals surface area contributed by atoms with E-state index in [2.05, 4.69) is 130 Å². The highest BCUT2D eigenvalue weighted by atomic mass is 16.6. The molecule has 0 radical (unpaired) electrons. The Bertz CT molecular complexity index is 1360. The minimum atomic E-state index is -0.813. The molecule has 6 nitrogen and oxygen atoms in total. The molecule has 1 unspecified atom stereocenters. The van der Waals surface area contributed by atoms with Crippen LogP contribution in [0.5, 0.6) is 0 Å². The van der Waals surface area contributed by atoms with Crippen molar-refractivity contribution in [2.24, 2.45) is 0 Å². The van der Waals surface area contributed by atoms with Crippen LogP contribution in [0, 0.1) is 0 Å². The highest BCUT2D eigenvalue weighted by Gasteiger charge is 2.19. The molecular formula is C59H96O6. The van der Waals surface area contributed by atoms with Gasteiger partial charge in [-0.2, -0.15) is 0 Å². The van der Waals surface area contributed by atoms with Gasteiger partial charge in [0.05, 0.1) is 0 Å². The third kappa shape index (κ3) is 50.9. The molecule has 0 aromatic heterocycles. The zero-order valence-electron chi connectivity index (χ0n) is 42.0. The summed E-state index contributed by atoms with van der Waals surface area (Å²) in [5.41, 5.74) is 0. The van der Waals surface area contributed by atoms with Gasteiger partial charge in [-0.15, -0.1) is 0 Å². The summed E-state index contributed by atoms with van der Waals surface area (Å²) in [6.45, 7) is 6.36. The number of hydrogen-bond donors (Lipinski definition) is 0. The van der Waals surface area contributed by atoms with Crippen molar-refractivity contribution in [2.45, 2.75) is 232 Å². The average Bonchev–Trinajstić information content (AvgIpc) is 3.30. The predicted octanol–water partition coefficient (Wildman–Crippen LogP) is 17.5. The van der Waals surface area contributed by atoms with E-state index >= 15 is 0 Å². The number of hydrogen-bond acceptors (Lipinski definition) is 6. The highest BCUT2D eigenvalue weighted by molar-refractivity contribution is 5.71. The summed E-state index contributed by atoms with van der Waals surface area (Å²) >= 11 is 0. The second-order valence-electron chi connectivity index (χ2n) is 17.0. The minimum Gasteiger partial charge on any atom is -0.462 e. The summed E-state index contributed by atoms with van der Waals surface area (Å²) < 4.78 is 16.7. The second-order valence-corrected chi connectivity index (χ2v) is 17.0. The van der Waals surface area contributed by atoms with E-state index in [0.717, 1.165) is 135 Å². The van der Waals surface area contributed by atoms with Crippen molar-refractivity contribution in [1.82, 2.24) is 0 Å². The van der Waals surface area contributed by atoms with Crippen LogP contribution in [0.25, 0.3) is 0 Å². The molecule has 6 heteroatoms. The minimum absolute atomic E-state index is 0.108. The summed E-state index contributed by atoms with van der Waals surface area (Å²) in [6, 6.07) is 0. The molecule has 0 fully saturated rings. The van der Waals surface area contributed by atoms with Crippen LogP contribution in [0.3, 0.4) is 0 Å². The number of esters is 3. The lowest BCUT2D eigenvalue weighted by Gasteiger charge is -2.18. The average molecular weight is 901 g/mol. The molecule has 0 amide bonds. The van der Waals surface area contributed by atoms with Gasteiger partial charge in [0, 0.05) is 19.3 Å². The van der Waals surface area contributed by atoms with Crippen molar-refractivity contribution in [3.05, 3.63) is 109 Å². The van der Waals surface area contributed by atoms with Crippen LogP contribution >= 0.6 is 0 Å². The van der Waals surface area contributed by atoms with Gasteiger partial charge in [0.25, 0.3) is 0 Å². The maximum absolute atomic E-state index is 12.8. The number of unbranched alkanes of at least 4 members (excludes halogenated alkanes) is 17. The molecule has 0 aliphatic heterocycles. The van der Waals surface area contributed by atoms with Crippen molar-refractivity contribution in [3.63, 3.8) is 0 Å². The van der Waals surface area contributed by atoms with Crippen molar-refractivity contribution in [3.8, 4) is 0 Å². The molecule has 0 aliphatic rings. The van der Waals surface area contributed by atoms with Gasteiger partial charge in [-0.1, -0.05) is 194 Å². The molecule has 0 aliphatic carbocycles. The Labute approximate surface area is 400 Å². The van der Waals surface area contributed by atoms with E-state index in [9.17, 15) is 14.4 Å². The molecule has 0 bridgehead atoms. The van der Waals surface area contributed by atoms with Crippen LogP contribution in [0.4, 0.5) is 0 Å². The Balaban J connectivity index is 4.49. The molecule has 0 aromatic rings. The summed E-state index contributed by atoms with van der Waals surface area (Å²) in [5.74, 6) is -0.981. The summed E-state index contributed by atoms with van der Waals surface area (Å²) in [7, 11) is 0. The van der Waals surface area contributed by atoms with Crippen LogP contribution in [-0.2, 0) is 28.6 Å². The SMILES string of the molecule is CC/C=C\C/C=C\C/C=C\C/C=C\CCCCC(=O)OC(COC(=O)CCCCCCC/C=C\C/C=C\CCC)COC(=O)CCCCCCCC/C=C\C/C=C\C/C=C\CCCCC. The fourth-order valence-corrected chi connectivity index (χ4v) is 6.77. The first kappa shape index (κ1) is 61.1. The van der Waals surface area contributed by atoms with Crippen LogP contribution < -0.4 is 0 Å². The standard InChI is InChI=1S/C59H96O6/c1-4-7-10-13-16-19-22-25-27-28-29-30-32-34-37-40-43-46-49-52-58(61)64-55-56(54-63-57(60)51-48-45-42-39-36-33-24-21-18-15-12-9-6-3)65-59(62)53-50-47-44-41-38-35-31-26-23-20-17-14-11-8-5-2/h8,11-12,15-17,19-21,24-27,29-31,38,41,56H,4-7,9-10,13-14,18,22-23,28,32-37,39-40,42-55H2,1-3H3/b11-8-,15-12-,19-16-,20-17-,24-21-,27-25-,30-29-,31-26-,41-38-. The van der Waals surface area contributed by atoms with Crippen LogP contribution in [0.1, 0.15) is 226 Å². The van der Waals surface area contributed by atoms with Crippen molar-refractivity contribution >= 4 is 17.9 Å². The van der Waals surface area contributed by atoms with Gasteiger partial charge >= 0.3 is 17.9 Å². The van der Waals surface area contributed by atoms with E-state index in [4.69, 9.17) is 14.2 Å². The molecule has 1 atom stereocenters. The molecular weight excluding hydrogens is 805 g/mol. The van der Waals surface area contributed by atoms with Crippen LogP contribution in [0.2, 0.25) is 0 Å². The van der Waals surface area contributed by atoms with Gasteiger partial charge in [0.2, 0.25) is 0 Å². The van der Waals surface area contributed by atoms with E-state index in [1.165, 1.54) is 44.9 Å². The molecule has 0 aromatic carbocycles. The second kappa shape index (κ2) is 52.7. The van der Waals surface area contributed by atoms with Gasteiger partial charge < -0.3 is 14.2 Å². The first-order chi connectivity index (χ1) is 32.0. The monoisotopic (exact) mass is 901 g/mol. The Morgan fingerprint density at radius 1 is 0.323 bits per heavy atom. The fourth-order valence-electron chi connectivity index (χ4n) is 6.77. The van der Waals surface area contributed by atoms with Crippen molar-refractivity contribution in [1.29, 1.82) is 0 Å². The molecule has 65 heavy (non-hydrogen) atoms. The number of allylic oxidation sites excluding steroid dienone is 18. The third-order valence-electron chi connectivity index (χ3n) is 10.7. The lowest BCUT2D eigenvalue weighted by atomic mass is 10.1. The van der Waals surface area contributed by atoms with Crippen molar-refractivity contribution in [2.75, 3.05) is 13.2 Å². The highest BCUT2D eigenvalue weighted by Crippen LogP contribution is 2.13. The quantitative estimate of drug-likeness (QED) is 0.0262. The Hall–Kier alpha value is -3.93. The molecule has 0 saturated carbocycles. The number of carbonyl (C=O) groups is 3. The maximum atomic E-state index is 12.8. The van der Waals surface area contributed by atoms with E-state index in [0.29, 0.717) is 19.3 Å². The molecule has 0 rings (SSSR count). The van der Waals surface area contributed by atoms with Gasteiger partial charge in [0.1, 0.15) is 13.2 Å². The topological polar surface area (TPSA) is 78.9 Å². The number of carbonyl (C=O) groups excluding carboxylic acids is 3. The molecule has 368 valence electrons. The molecule has 0 N–H and O–H groups in total. The maximum Gasteiger partial charge on any atom is 0.306 e. The first-order valence-corrected chi connectivity index (χ1v) is 26.4. The smallest absolute Gasteiger partial charge is 0.306 e. The third-order valence-corrected chi connectivity index (χ3v) is 10.7. The van der Waals surface area contributed by atoms with Gasteiger partial charge in [-0.05, 0) is 122 Å². The lowest BCUT2D eigenvalue weighted by molar-refractivity contribution is -0.167. The zero-order chi connectivity index (χ0) is 47.2. The predicted molar refractivity (Wildman–Crippen MR) is 279 cm³/mol. The van der Waals surface area contributed by atoms with E-state index in [-0.39, 0.29) is 37.5 Å². The zero-order valence-corrected chi connectivity index (χ0v) is 42.0. The molecule has 0 spiro atoms. The summed E-state index contributed by atoms with van der Waals surface area (Å²) in [4.78, 5) is 38.0. The Morgan fingerprint density at radius 3 is 1.03 bits per heavy atom. The van der Waals surface area contributed by atoms with E-state index in [1.807, 2.05) is 0 Å². The van der Waals surface area contributed by atoms with Gasteiger partial charge in [-0.3, -0.25) is 14.4 Å². The van der Waals surface area contributed by atoms with Gasteiger partial charge in [-0.25, -0.2) is 0 Å². The number of ether oxygens (including phenoxy) is 3. The van der Waals surface area contributed by atoms with Gasteiger partial charge in [0.15, 0.2) is 6.10 Å². The molecule has 0 saturated heterocycles. The van der Waals surface area contributed by atoms with Crippen LogP contribution in [-0.4, -0.2) is 37.2 Å². The Morgan fingerprint density at radius 2 is 0.631 bits per heavy atom. The van der Waals surface area contributed by atoms with E-state index < -0.39 is 6.10 Å². The van der Waals surface area contributed by atoms with Crippen LogP contribution in [0.15, 0.2) is 109 Å². The number of rotatable bonds is 46. The van der Waals surface area contributed by atoms with E-state index in [1.54, 1.807) is 0 Å². The fraction of sp³-hybridized carbons (Fsp3) is 0.644. The first-order valence-electron chi connectivity index (χ1n) is 26.4. The Kier molecular flexibility index (Phi) is 49.5. The largest absolute Gasteiger partial charge is 0.462 e. The molecule has 0 heterocycles. The summed E-state index contributed by atoms with van der Waals surface area (Å²) in [5, 5.41) is 0.